The Morgan fingerprint density at radius 2 is 2.08 bits per heavy atom. The first kappa shape index (κ1) is 16.9. The van der Waals surface area contributed by atoms with E-state index in [1.54, 1.807) is 7.11 Å². The summed E-state index contributed by atoms with van der Waals surface area (Å²) in [5.74, 6) is 2.05. The van der Waals surface area contributed by atoms with Crippen LogP contribution in [-0.2, 0) is 11.3 Å². The molecule has 0 saturated carbocycles. The molecular weight excluding hydrogens is 306 g/mol. The van der Waals surface area contributed by atoms with Crippen LogP contribution >= 0.6 is 0 Å². The van der Waals surface area contributed by atoms with Gasteiger partial charge >= 0.3 is 0 Å². The van der Waals surface area contributed by atoms with Crippen LogP contribution in [0.1, 0.15) is 31.6 Å². The third kappa shape index (κ3) is 4.55. The first-order valence-corrected chi connectivity index (χ1v) is 8.52. The van der Waals surface area contributed by atoms with E-state index in [-0.39, 0.29) is 0 Å². The highest BCUT2D eigenvalue weighted by Gasteiger charge is 2.16. The van der Waals surface area contributed by atoms with E-state index in [9.17, 15) is 0 Å². The average molecular weight is 331 g/mol. The highest BCUT2D eigenvalue weighted by atomic mass is 16.5. The van der Waals surface area contributed by atoms with Gasteiger partial charge in [0.1, 0.15) is 5.75 Å². The molecular formula is C18H25N3O3. The summed E-state index contributed by atoms with van der Waals surface area (Å²) in [5.41, 5.74) is 0.920. The van der Waals surface area contributed by atoms with Crippen molar-refractivity contribution in [3.05, 3.63) is 30.2 Å². The van der Waals surface area contributed by atoms with Crippen molar-refractivity contribution in [2.24, 2.45) is 0 Å². The lowest BCUT2D eigenvalue weighted by Gasteiger charge is -2.24. The molecule has 0 N–H and O–H groups in total. The van der Waals surface area contributed by atoms with Gasteiger partial charge in [-0.05, 0) is 57.0 Å². The Bertz CT molecular complexity index is 621. The summed E-state index contributed by atoms with van der Waals surface area (Å²) < 4.78 is 16.3. The van der Waals surface area contributed by atoms with Crippen molar-refractivity contribution >= 4 is 0 Å². The Morgan fingerprint density at radius 3 is 2.79 bits per heavy atom. The second kappa shape index (κ2) is 8.26. The Kier molecular flexibility index (Phi) is 5.82. The second-order valence-corrected chi connectivity index (χ2v) is 6.26. The van der Waals surface area contributed by atoms with Gasteiger partial charge in [0.05, 0.1) is 19.8 Å². The van der Waals surface area contributed by atoms with Gasteiger partial charge in [0.25, 0.3) is 0 Å². The number of nitrogens with zero attached hydrogens (tertiary/aromatic N) is 3. The topological polar surface area (TPSA) is 60.6 Å². The van der Waals surface area contributed by atoms with E-state index in [0.29, 0.717) is 24.4 Å². The zero-order chi connectivity index (χ0) is 16.8. The Labute approximate surface area is 142 Å². The third-order valence-corrected chi connectivity index (χ3v) is 4.33. The largest absolute Gasteiger partial charge is 0.497 e. The van der Waals surface area contributed by atoms with Crippen LogP contribution < -0.4 is 4.74 Å². The summed E-state index contributed by atoms with van der Waals surface area (Å²) >= 11 is 0. The zero-order valence-corrected chi connectivity index (χ0v) is 14.4. The molecule has 3 rings (SSSR count). The van der Waals surface area contributed by atoms with Crippen molar-refractivity contribution in [3.8, 4) is 17.1 Å². The molecule has 1 fully saturated rings. The molecule has 6 nitrogen and oxygen atoms in total. The minimum Gasteiger partial charge on any atom is -0.497 e. The number of benzene rings is 1. The fourth-order valence-electron chi connectivity index (χ4n) is 2.89. The lowest BCUT2D eigenvalue weighted by Crippen LogP contribution is -2.26. The minimum atomic E-state index is 0.402. The van der Waals surface area contributed by atoms with Crippen molar-refractivity contribution in [3.63, 3.8) is 0 Å². The molecule has 1 aromatic carbocycles. The Hall–Kier alpha value is -1.92. The SMILES string of the molecule is COc1ccc(-c2noc(CN(C)CC[C@H]3CCCCO3)n2)cc1. The van der Waals surface area contributed by atoms with E-state index in [4.69, 9.17) is 14.0 Å². The van der Waals surface area contributed by atoms with Gasteiger partial charge in [-0.1, -0.05) is 5.16 Å². The predicted molar refractivity (Wildman–Crippen MR) is 90.8 cm³/mol. The molecule has 6 heteroatoms. The second-order valence-electron chi connectivity index (χ2n) is 6.26. The number of ether oxygens (including phenoxy) is 2. The summed E-state index contributed by atoms with van der Waals surface area (Å²) in [5, 5.41) is 4.07. The molecule has 130 valence electrons. The van der Waals surface area contributed by atoms with Gasteiger partial charge in [0, 0.05) is 18.7 Å². The summed E-state index contributed by atoms with van der Waals surface area (Å²) in [6, 6.07) is 7.64. The normalized spacial score (nSPS) is 18.0. The Morgan fingerprint density at radius 1 is 1.25 bits per heavy atom. The number of methoxy groups -OCH3 is 1. The quantitative estimate of drug-likeness (QED) is 0.777. The molecule has 24 heavy (non-hydrogen) atoms. The van der Waals surface area contributed by atoms with Gasteiger partial charge in [-0.2, -0.15) is 4.98 Å². The molecule has 2 heterocycles. The van der Waals surface area contributed by atoms with Crippen LogP contribution in [0.3, 0.4) is 0 Å². The molecule has 1 aliphatic heterocycles. The fourth-order valence-corrected chi connectivity index (χ4v) is 2.89. The molecule has 1 saturated heterocycles. The average Bonchev–Trinajstić information content (AvgIpc) is 3.09. The van der Waals surface area contributed by atoms with Crippen molar-refractivity contribution in [1.29, 1.82) is 0 Å². The molecule has 0 amide bonds. The summed E-state index contributed by atoms with van der Waals surface area (Å²) in [6.07, 6.45) is 5.11. The zero-order valence-electron chi connectivity index (χ0n) is 14.4. The first-order valence-electron chi connectivity index (χ1n) is 8.52. The smallest absolute Gasteiger partial charge is 0.241 e. The van der Waals surface area contributed by atoms with Gasteiger partial charge in [0.15, 0.2) is 0 Å². The van der Waals surface area contributed by atoms with Gasteiger partial charge in [0.2, 0.25) is 11.7 Å². The van der Waals surface area contributed by atoms with Crippen molar-refractivity contribution in [1.82, 2.24) is 15.0 Å². The van der Waals surface area contributed by atoms with Crippen molar-refractivity contribution < 1.29 is 14.0 Å². The van der Waals surface area contributed by atoms with Crippen LogP contribution in [0.25, 0.3) is 11.4 Å². The minimum absolute atomic E-state index is 0.402. The lowest BCUT2D eigenvalue weighted by molar-refractivity contribution is 0.00602. The molecule has 1 aliphatic rings. The van der Waals surface area contributed by atoms with E-state index >= 15 is 0 Å². The first-order chi connectivity index (χ1) is 11.7. The molecule has 2 aromatic rings. The number of aromatic nitrogens is 2. The summed E-state index contributed by atoms with van der Waals surface area (Å²) in [4.78, 5) is 6.68. The number of hydrogen-bond donors (Lipinski definition) is 0. The van der Waals surface area contributed by atoms with Crippen LogP contribution in [0.5, 0.6) is 5.75 Å². The van der Waals surface area contributed by atoms with Crippen LogP contribution in [0.4, 0.5) is 0 Å². The number of hydrogen-bond acceptors (Lipinski definition) is 6. The molecule has 0 radical (unpaired) electrons. The van der Waals surface area contributed by atoms with Gasteiger partial charge in [-0.3, -0.25) is 4.90 Å². The molecule has 0 unspecified atom stereocenters. The molecule has 0 aliphatic carbocycles. The van der Waals surface area contributed by atoms with Crippen LogP contribution in [0, 0.1) is 0 Å². The van der Waals surface area contributed by atoms with Gasteiger partial charge in [-0.25, -0.2) is 0 Å². The van der Waals surface area contributed by atoms with Crippen molar-refractivity contribution in [2.75, 3.05) is 27.3 Å². The lowest BCUT2D eigenvalue weighted by atomic mass is 10.1. The predicted octanol–water partition coefficient (Wildman–Crippen LogP) is 3.14. The Balaban J connectivity index is 1.51. The monoisotopic (exact) mass is 331 g/mol. The summed E-state index contributed by atoms with van der Waals surface area (Å²) in [7, 11) is 3.72. The summed E-state index contributed by atoms with van der Waals surface area (Å²) in [6.45, 7) is 2.52. The maximum absolute atomic E-state index is 5.77. The molecule has 0 spiro atoms. The molecule has 1 aromatic heterocycles. The van der Waals surface area contributed by atoms with Crippen LogP contribution in [0.15, 0.2) is 28.8 Å². The number of rotatable bonds is 7. The van der Waals surface area contributed by atoms with E-state index < -0.39 is 0 Å². The highest BCUT2D eigenvalue weighted by Crippen LogP contribution is 2.20. The maximum atomic E-state index is 5.77. The maximum Gasteiger partial charge on any atom is 0.241 e. The molecule has 1 atom stereocenters. The van der Waals surface area contributed by atoms with E-state index in [0.717, 1.165) is 30.9 Å². The highest BCUT2D eigenvalue weighted by molar-refractivity contribution is 5.55. The van der Waals surface area contributed by atoms with Crippen molar-refractivity contribution in [2.45, 2.75) is 38.3 Å². The van der Waals surface area contributed by atoms with Gasteiger partial charge in [-0.15, -0.1) is 0 Å². The van der Waals surface area contributed by atoms with Crippen LogP contribution in [-0.4, -0.2) is 48.5 Å². The van der Waals surface area contributed by atoms with E-state index in [1.807, 2.05) is 24.3 Å². The fraction of sp³-hybridized carbons (Fsp3) is 0.556. The van der Waals surface area contributed by atoms with Gasteiger partial charge < -0.3 is 14.0 Å². The molecule has 0 bridgehead atoms. The standard InChI is InChI=1S/C18H25N3O3/c1-21(11-10-16-5-3-4-12-23-16)13-17-19-18(20-24-17)14-6-8-15(22-2)9-7-14/h6-9,16H,3-5,10-13H2,1-2H3/t16-/m1/s1. The van der Waals surface area contributed by atoms with E-state index in [2.05, 4.69) is 22.1 Å². The van der Waals surface area contributed by atoms with Crippen LogP contribution in [0.2, 0.25) is 0 Å². The van der Waals surface area contributed by atoms with E-state index in [1.165, 1.54) is 19.3 Å². The third-order valence-electron chi connectivity index (χ3n) is 4.33.